The minimum Gasteiger partial charge on any atom is -0.139 e. The molecule has 0 fully saturated rings. The minimum atomic E-state index is 0.129. The lowest BCUT2D eigenvalue weighted by molar-refractivity contribution is 0.512. The van der Waals surface area contributed by atoms with Crippen molar-refractivity contribution in [2.75, 3.05) is 0 Å². The first-order valence-corrected chi connectivity index (χ1v) is 13.9. The topological polar surface area (TPSA) is 0 Å². The minimum absolute atomic E-state index is 0.129. The van der Waals surface area contributed by atoms with Gasteiger partial charge in [-0.15, -0.1) is 22.7 Å². The Balaban J connectivity index is 2.19. The molecule has 0 atom stereocenters. The molecule has 0 saturated heterocycles. The first-order chi connectivity index (χ1) is 15.7. The maximum Gasteiger partial charge on any atom is 0.0452 e. The fourth-order valence-electron chi connectivity index (χ4n) is 4.17. The van der Waals surface area contributed by atoms with Crippen molar-refractivity contribution in [2.24, 2.45) is 0 Å². The Labute approximate surface area is 210 Å². The second kappa shape index (κ2) is 10.6. The van der Waals surface area contributed by atoms with E-state index in [-0.39, 0.29) is 10.8 Å². The van der Waals surface area contributed by atoms with E-state index in [1.54, 1.807) is 4.88 Å². The summed E-state index contributed by atoms with van der Waals surface area (Å²) in [5.74, 6) is 0. The third kappa shape index (κ3) is 5.44. The maximum absolute atomic E-state index is 4.08. The van der Waals surface area contributed by atoms with Gasteiger partial charge in [0.2, 0.25) is 0 Å². The standard InChI is InChI=1S/C31H40S2/c1-9-13-14-18-23-20-26(32-28(23)30(5,6)11-3)27-21-25(29(33-27)31(7,8)12-4)24-19-16-15-17-22(24)10-2/h9-10,13,15-17,19-21H,2,11-12,14,18H2,1,3-8H3/b13-9+. The van der Waals surface area contributed by atoms with Gasteiger partial charge >= 0.3 is 0 Å². The molecule has 0 aliphatic rings. The van der Waals surface area contributed by atoms with Gasteiger partial charge in [0, 0.05) is 19.5 Å². The summed E-state index contributed by atoms with van der Waals surface area (Å²) in [4.78, 5) is 5.86. The predicted octanol–water partition coefficient (Wildman–Crippen LogP) is 10.7. The highest BCUT2D eigenvalue weighted by atomic mass is 32.1. The van der Waals surface area contributed by atoms with Gasteiger partial charge in [0.25, 0.3) is 0 Å². The van der Waals surface area contributed by atoms with Crippen LogP contribution in [-0.4, -0.2) is 0 Å². The molecule has 2 aromatic heterocycles. The van der Waals surface area contributed by atoms with Gasteiger partial charge in [0.15, 0.2) is 0 Å². The highest BCUT2D eigenvalue weighted by Crippen LogP contribution is 2.49. The quantitative estimate of drug-likeness (QED) is 0.255. The molecule has 0 aliphatic heterocycles. The Morgan fingerprint density at radius 3 is 2.09 bits per heavy atom. The van der Waals surface area contributed by atoms with Crippen molar-refractivity contribution in [3.05, 3.63) is 76.0 Å². The van der Waals surface area contributed by atoms with Gasteiger partial charge in [-0.05, 0) is 77.8 Å². The van der Waals surface area contributed by atoms with Crippen LogP contribution in [0.3, 0.4) is 0 Å². The van der Waals surface area contributed by atoms with Gasteiger partial charge in [-0.1, -0.05) is 90.6 Å². The van der Waals surface area contributed by atoms with Crippen molar-refractivity contribution in [3.63, 3.8) is 0 Å². The van der Waals surface area contributed by atoms with E-state index in [1.807, 2.05) is 28.7 Å². The summed E-state index contributed by atoms with van der Waals surface area (Å²) in [7, 11) is 0. The van der Waals surface area contributed by atoms with Gasteiger partial charge in [-0.25, -0.2) is 0 Å². The lowest BCUT2D eigenvalue weighted by Gasteiger charge is -2.23. The van der Waals surface area contributed by atoms with Gasteiger partial charge in [0.1, 0.15) is 0 Å². The Bertz CT molecular complexity index is 1120. The van der Waals surface area contributed by atoms with Crippen LogP contribution in [0.1, 0.15) is 88.6 Å². The molecule has 2 heterocycles. The highest BCUT2D eigenvalue weighted by Gasteiger charge is 2.29. The highest BCUT2D eigenvalue weighted by molar-refractivity contribution is 7.22. The SMILES string of the molecule is C=Cc1ccccc1-c1cc(-c2cc(CC/C=C/C)c(C(C)(C)CC)s2)sc1C(C)(C)CC. The van der Waals surface area contributed by atoms with Crippen LogP contribution in [-0.2, 0) is 17.3 Å². The van der Waals surface area contributed by atoms with E-state index in [0.29, 0.717) is 0 Å². The van der Waals surface area contributed by atoms with Crippen LogP contribution >= 0.6 is 22.7 Å². The van der Waals surface area contributed by atoms with E-state index in [9.17, 15) is 0 Å². The second-order valence-electron chi connectivity index (χ2n) is 10.2. The van der Waals surface area contributed by atoms with Gasteiger partial charge < -0.3 is 0 Å². The molecule has 0 saturated carbocycles. The van der Waals surface area contributed by atoms with Crippen LogP contribution in [0.5, 0.6) is 0 Å². The third-order valence-corrected chi connectivity index (χ3v) is 10.3. The molecular weight excluding hydrogens is 436 g/mol. The number of aryl methyl sites for hydroxylation is 1. The maximum atomic E-state index is 4.08. The van der Waals surface area contributed by atoms with E-state index in [0.717, 1.165) is 25.7 Å². The van der Waals surface area contributed by atoms with Crippen molar-refractivity contribution < 1.29 is 0 Å². The summed E-state index contributed by atoms with van der Waals surface area (Å²) >= 11 is 4.00. The van der Waals surface area contributed by atoms with E-state index < -0.39 is 0 Å². The molecule has 33 heavy (non-hydrogen) atoms. The normalized spacial score (nSPS) is 12.6. The van der Waals surface area contributed by atoms with E-state index in [2.05, 4.69) is 104 Å². The zero-order chi connectivity index (χ0) is 24.2. The number of allylic oxidation sites excluding steroid dienone is 2. The second-order valence-corrected chi connectivity index (χ2v) is 12.3. The Hall–Kier alpha value is -1.90. The van der Waals surface area contributed by atoms with Gasteiger partial charge in [-0.2, -0.15) is 0 Å². The molecule has 3 rings (SSSR count). The summed E-state index contributed by atoms with van der Waals surface area (Å²) in [6.45, 7) is 20.4. The van der Waals surface area contributed by atoms with Crippen molar-refractivity contribution in [1.82, 2.24) is 0 Å². The summed E-state index contributed by atoms with van der Waals surface area (Å²) in [5.41, 5.74) is 5.74. The fourth-order valence-corrected chi connectivity index (χ4v) is 6.97. The van der Waals surface area contributed by atoms with Crippen molar-refractivity contribution >= 4 is 28.7 Å². The first kappa shape index (κ1) is 25.7. The van der Waals surface area contributed by atoms with E-state index >= 15 is 0 Å². The molecule has 3 aromatic rings. The monoisotopic (exact) mass is 476 g/mol. The van der Waals surface area contributed by atoms with Crippen LogP contribution in [0.15, 0.2) is 55.1 Å². The Morgan fingerprint density at radius 1 is 0.848 bits per heavy atom. The zero-order valence-corrected chi connectivity index (χ0v) is 23.2. The molecule has 176 valence electrons. The molecule has 0 unspecified atom stereocenters. The molecule has 0 spiro atoms. The number of hydrogen-bond donors (Lipinski definition) is 0. The van der Waals surface area contributed by atoms with Crippen LogP contribution < -0.4 is 0 Å². The van der Waals surface area contributed by atoms with Crippen LogP contribution in [0.25, 0.3) is 27.0 Å². The Morgan fingerprint density at radius 2 is 1.45 bits per heavy atom. The lowest BCUT2D eigenvalue weighted by Crippen LogP contribution is -2.15. The number of benzene rings is 1. The van der Waals surface area contributed by atoms with Crippen molar-refractivity contribution in [3.8, 4) is 20.9 Å². The number of hydrogen-bond acceptors (Lipinski definition) is 2. The summed E-state index contributed by atoms with van der Waals surface area (Å²) in [5, 5.41) is 0. The molecule has 0 amide bonds. The molecule has 0 bridgehead atoms. The van der Waals surface area contributed by atoms with Crippen molar-refractivity contribution in [1.29, 1.82) is 0 Å². The average Bonchev–Trinajstić information content (AvgIpc) is 3.45. The smallest absolute Gasteiger partial charge is 0.0452 e. The number of rotatable bonds is 10. The molecule has 2 heteroatoms. The number of thiophene rings is 2. The van der Waals surface area contributed by atoms with E-state index in [4.69, 9.17) is 0 Å². The molecular formula is C31H40S2. The average molecular weight is 477 g/mol. The summed E-state index contributed by atoms with van der Waals surface area (Å²) < 4.78 is 0. The third-order valence-electron chi connectivity index (χ3n) is 7.07. The summed E-state index contributed by atoms with van der Waals surface area (Å²) in [6.07, 6.45) is 10.9. The van der Waals surface area contributed by atoms with Crippen LogP contribution in [0, 0.1) is 0 Å². The lowest BCUT2D eigenvalue weighted by atomic mass is 9.84. The molecule has 0 radical (unpaired) electrons. The van der Waals surface area contributed by atoms with Gasteiger partial charge in [-0.3, -0.25) is 0 Å². The first-order valence-electron chi connectivity index (χ1n) is 12.3. The van der Waals surface area contributed by atoms with Crippen LogP contribution in [0.4, 0.5) is 0 Å². The molecule has 1 aromatic carbocycles. The molecule has 0 N–H and O–H groups in total. The predicted molar refractivity (Wildman–Crippen MR) is 153 cm³/mol. The largest absolute Gasteiger partial charge is 0.139 e. The van der Waals surface area contributed by atoms with Gasteiger partial charge in [0.05, 0.1) is 0 Å². The molecule has 0 nitrogen and oxygen atoms in total. The fraction of sp³-hybridized carbons (Fsp3) is 0.419. The van der Waals surface area contributed by atoms with Crippen molar-refractivity contribution in [2.45, 2.75) is 85.0 Å². The van der Waals surface area contributed by atoms with E-state index in [1.165, 1.54) is 36.9 Å². The molecule has 0 aliphatic carbocycles. The van der Waals surface area contributed by atoms with Crippen LogP contribution in [0.2, 0.25) is 0 Å². The Kier molecular flexibility index (Phi) is 8.24. The zero-order valence-electron chi connectivity index (χ0n) is 21.5. The summed E-state index contributed by atoms with van der Waals surface area (Å²) in [6, 6.07) is 13.6.